The van der Waals surface area contributed by atoms with E-state index in [1.807, 2.05) is 62.4 Å². The highest BCUT2D eigenvalue weighted by Gasteiger charge is 2.20. The van der Waals surface area contributed by atoms with Crippen molar-refractivity contribution in [1.29, 1.82) is 5.26 Å². The molecule has 5 heteroatoms. The third kappa shape index (κ3) is 4.01. The molecule has 0 fully saturated rings. The summed E-state index contributed by atoms with van der Waals surface area (Å²) in [6.07, 6.45) is 0.212. The van der Waals surface area contributed by atoms with Gasteiger partial charge < -0.3 is 5.32 Å². The second-order valence-electron chi connectivity index (χ2n) is 6.38. The van der Waals surface area contributed by atoms with Crippen molar-refractivity contribution in [3.63, 3.8) is 0 Å². The molecule has 0 saturated carbocycles. The Morgan fingerprint density at radius 1 is 1.15 bits per heavy atom. The number of hydrogen-bond acceptors (Lipinski definition) is 3. The molecule has 0 saturated heterocycles. The third-order valence-electron chi connectivity index (χ3n) is 4.21. The van der Waals surface area contributed by atoms with Crippen LogP contribution in [0.4, 0.5) is 5.69 Å². The average Bonchev–Trinajstić information content (AvgIpc) is 2.61. The smallest absolute Gasteiger partial charge is 0.242 e. The molecule has 1 N–H and O–H groups in total. The van der Waals surface area contributed by atoms with Gasteiger partial charge in [-0.3, -0.25) is 4.79 Å². The number of benzene rings is 2. The van der Waals surface area contributed by atoms with Gasteiger partial charge in [0.25, 0.3) is 0 Å². The van der Waals surface area contributed by atoms with Gasteiger partial charge in [0.05, 0.1) is 11.6 Å². The van der Waals surface area contributed by atoms with Crippen molar-refractivity contribution in [2.45, 2.75) is 20.3 Å². The Kier molecular flexibility index (Phi) is 5.20. The predicted octanol–water partition coefficient (Wildman–Crippen LogP) is 4.83. The molecule has 1 aromatic heterocycles. The molecule has 0 aliphatic heterocycles. The van der Waals surface area contributed by atoms with E-state index in [9.17, 15) is 10.1 Å². The molecule has 0 spiro atoms. The lowest BCUT2D eigenvalue weighted by Crippen LogP contribution is -2.23. The highest BCUT2D eigenvalue weighted by molar-refractivity contribution is 6.30. The number of aromatic nitrogens is 1. The lowest BCUT2D eigenvalue weighted by atomic mass is 9.99. The van der Waals surface area contributed by atoms with E-state index in [2.05, 4.69) is 16.4 Å². The van der Waals surface area contributed by atoms with Crippen LogP contribution in [0.15, 0.2) is 48.5 Å². The number of hydrogen-bond donors (Lipinski definition) is 1. The van der Waals surface area contributed by atoms with Crippen molar-refractivity contribution in [2.24, 2.45) is 5.92 Å². The van der Waals surface area contributed by atoms with Crippen molar-refractivity contribution in [3.8, 4) is 6.07 Å². The molecule has 4 nitrogen and oxygen atoms in total. The summed E-state index contributed by atoms with van der Waals surface area (Å²) in [5.74, 6) is -1.20. The molecular formula is C21H18ClN3O. The summed E-state index contributed by atoms with van der Waals surface area (Å²) < 4.78 is 0. The number of nitriles is 1. The summed E-state index contributed by atoms with van der Waals surface area (Å²) in [6.45, 7) is 3.96. The molecule has 1 amide bonds. The summed E-state index contributed by atoms with van der Waals surface area (Å²) in [4.78, 5) is 16.9. The van der Waals surface area contributed by atoms with Gasteiger partial charge in [-0.2, -0.15) is 5.26 Å². The minimum Gasteiger partial charge on any atom is -0.325 e. The van der Waals surface area contributed by atoms with E-state index in [1.54, 1.807) is 0 Å². The Bertz CT molecular complexity index is 1010. The molecular weight excluding hydrogens is 346 g/mol. The van der Waals surface area contributed by atoms with E-state index >= 15 is 0 Å². The van der Waals surface area contributed by atoms with E-state index in [0.29, 0.717) is 16.4 Å². The van der Waals surface area contributed by atoms with Crippen molar-refractivity contribution in [1.82, 2.24) is 4.98 Å². The monoisotopic (exact) mass is 363 g/mol. The standard InChI is InChI=1S/C21H18ClN3O/c1-13-4-7-18(8-5-13)24-21(26)17(12-23)11-16-10-15-6-3-14(2)9-19(15)25-20(16)22/h3-10,17H,11H2,1-2H3,(H,24,26). The Hall–Kier alpha value is -2.90. The van der Waals surface area contributed by atoms with Crippen molar-refractivity contribution in [2.75, 3.05) is 5.32 Å². The molecule has 3 rings (SSSR count). The maximum Gasteiger partial charge on any atom is 0.242 e. The highest BCUT2D eigenvalue weighted by atomic mass is 35.5. The number of halogens is 1. The topological polar surface area (TPSA) is 65.8 Å². The largest absolute Gasteiger partial charge is 0.325 e. The molecule has 0 bridgehead atoms. The van der Waals surface area contributed by atoms with Gasteiger partial charge in [-0.15, -0.1) is 0 Å². The van der Waals surface area contributed by atoms with Crippen molar-refractivity contribution < 1.29 is 4.79 Å². The normalized spacial score (nSPS) is 11.8. The summed E-state index contributed by atoms with van der Waals surface area (Å²) in [5, 5.41) is 13.5. The van der Waals surface area contributed by atoms with Crippen LogP contribution in [0.3, 0.4) is 0 Å². The molecule has 0 aliphatic rings. The van der Waals surface area contributed by atoms with Gasteiger partial charge in [0.2, 0.25) is 5.91 Å². The molecule has 1 unspecified atom stereocenters. The van der Waals surface area contributed by atoms with Crippen LogP contribution in [0.25, 0.3) is 10.9 Å². The van der Waals surface area contributed by atoms with Crippen LogP contribution in [0.1, 0.15) is 16.7 Å². The maximum absolute atomic E-state index is 12.5. The molecule has 26 heavy (non-hydrogen) atoms. The number of amides is 1. The zero-order valence-corrected chi connectivity index (χ0v) is 15.3. The Morgan fingerprint density at radius 3 is 2.54 bits per heavy atom. The molecule has 0 radical (unpaired) electrons. The first-order valence-corrected chi connectivity index (χ1v) is 8.67. The number of anilines is 1. The minimum absolute atomic E-state index is 0.212. The van der Waals surface area contributed by atoms with Crippen LogP contribution in [0, 0.1) is 31.1 Å². The number of rotatable bonds is 4. The SMILES string of the molecule is Cc1ccc(NC(=O)C(C#N)Cc2cc3ccc(C)cc3nc2Cl)cc1. The average molecular weight is 364 g/mol. The quantitative estimate of drug-likeness (QED) is 0.675. The molecule has 1 heterocycles. The zero-order chi connectivity index (χ0) is 18.7. The van der Waals surface area contributed by atoms with Crippen LogP contribution < -0.4 is 5.32 Å². The summed E-state index contributed by atoms with van der Waals surface area (Å²) >= 11 is 6.29. The number of nitrogens with one attached hydrogen (secondary N) is 1. The Morgan fingerprint density at radius 2 is 1.85 bits per heavy atom. The van der Waals surface area contributed by atoms with Gasteiger partial charge >= 0.3 is 0 Å². The highest BCUT2D eigenvalue weighted by Crippen LogP contribution is 2.24. The second kappa shape index (κ2) is 7.55. The molecule has 0 aliphatic carbocycles. The second-order valence-corrected chi connectivity index (χ2v) is 6.73. The molecule has 130 valence electrons. The Balaban J connectivity index is 1.81. The van der Waals surface area contributed by atoms with Gasteiger partial charge in [-0.25, -0.2) is 4.98 Å². The summed E-state index contributed by atoms with van der Waals surface area (Å²) in [7, 11) is 0. The van der Waals surface area contributed by atoms with Crippen LogP contribution in [-0.2, 0) is 11.2 Å². The number of pyridine rings is 1. The zero-order valence-electron chi connectivity index (χ0n) is 14.6. The fourth-order valence-corrected chi connectivity index (χ4v) is 2.95. The van der Waals surface area contributed by atoms with Gasteiger partial charge in [0.1, 0.15) is 11.1 Å². The van der Waals surface area contributed by atoms with E-state index in [1.165, 1.54) is 0 Å². The first kappa shape index (κ1) is 17.9. The van der Waals surface area contributed by atoms with E-state index in [-0.39, 0.29) is 12.3 Å². The first-order valence-electron chi connectivity index (χ1n) is 8.29. The minimum atomic E-state index is -0.849. The Labute approximate surface area is 157 Å². The van der Waals surface area contributed by atoms with Crippen LogP contribution in [0.5, 0.6) is 0 Å². The number of aryl methyl sites for hydroxylation is 2. The van der Waals surface area contributed by atoms with E-state index in [4.69, 9.17) is 11.6 Å². The van der Waals surface area contributed by atoms with Gasteiger partial charge in [0, 0.05) is 17.5 Å². The van der Waals surface area contributed by atoms with Crippen LogP contribution in [-0.4, -0.2) is 10.9 Å². The summed E-state index contributed by atoms with van der Waals surface area (Å²) in [6, 6.07) is 17.3. The predicted molar refractivity (Wildman–Crippen MR) is 104 cm³/mol. The number of carbonyl (C=O) groups excluding carboxylic acids is 1. The van der Waals surface area contributed by atoms with Gasteiger partial charge in [-0.1, -0.05) is 41.4 Å². The van der Waals surface area contributed by atoms with E-state index < -0.39 is 5.92 Å². The number of fused-ring (bicyclic) bond motifs is 1. The van der Waals surface area contributed by atoms with Gasteiger partial charge in [-0.05, 0) is 49.2 Å². The third-order valence-corrected chi connectivity index (χ3v) is 4.54. The summed E-state index contributed by atoms with van der Waals surface area (Å²) in [5.41, 5.74) is 4.36. The molecule has 2 aromatic carbocycles. The molecule has 3 aromatic rings. The fraction of sp³-hybridized carbons (Fsp3) is 0.190. The lowest BCUT2D eigenvalue weighted by Gasteiger charge is -2.12. The van der Waals surface area contributed by atoms with Crippen LogP contribution >= 0.6 is 11.6 Å². The number of carbonyl (C=O) groups is 1. The van der Waals surface area contributed by atoms with E-state index in [0.717, 1.165) is 22.0 Å². The van der Waals surface area contributed by atoms with Crippen molar-refractivity contribution >= 4 is 34.1 Å². The van der Waals surface area contributed by atoms with Crippen LogP contribution in [0.2, 0.25) is 5.15 Å². The lowest BCUT2D eigenvalue weighted by molar-refractivity contribution is -0.118. The maximum atomic E-state index is 12.5. The first-order chi connectivity index (χ1) is 12.5. The number of nitrogens with zero attached hydrogens (tertiary/aromatic N) is 2. The fourth-order valence-electron chi connectivity index (χ4n) is 2.72. The molecule has 1 atom stereocenters. The van der Waals surface area contributed by atoms with Gasteiger partial charge in [0.15, 0.2) is 0 Å². The van der Waals surface area contributed by atoms with Crippen molar-refractivity contribution in [3.05, 3.63) is 70.4 Å².